The van der Waals surface area contributed by atoms with Crippen LogP contribution in [-0.2, 0) is 16.4 Å². The summed E-state index contributed by atoms with van der Waals surface area (Å²) in [5, 5.41) is 3.37. The van der Waals surface area contributed by atoms with Gasteiger partial charge in [0, 0.05) is 13.0 Å². The first-order chi connectivity index (χ1) is 9.83. The molecule has 0 bridgehead atoms. The molecule has 0 aliphatic rings. The third-order valence-corrected chi connectivity index (χ3v) is 5.33. The van der Waals surface area contributed by atoms with Crippen molar-refractivity contribution < 1.29 is 17.3 Å². The molecule has 0 aliphatic carbocycles. The predicted octanol–water partition coefficient (Wildman–Crippen LogP) is 1.73. The fraction of sp³-hybridized carbons (Fsp3) is 0.200. The van der Waals surface area contributed by atoms with Crippen LogP contribution in [-0.4, -0.2) is 25.1 Å². The van der Waals surface area contributed by atoms with Gasteiger partial charge in [0.1, 0.15) is 4.90 Å². The number of halogens is 3. The van der Waals surface area contributed by atoms with Crippen LogP contribution in [0.2, 0.25) is 5.02 Å². The van der Waals surface area contributed by atoms with E-state index in [0.717, 1.165) is 6.07 Å². The molecular formula is C10H9BrClFN4O3S. The van der Waals surface area contributed by atoms with Crippen LogP contribution < -0.4 is 10.5 Å². The zero-order valence-electron chi connectivity index (χ0n) is 10.3. The van der Waals surface area contributed by atoms with Gasteiger partial charge in [0.25, 0.3) is 0 Å². The molecule has 1 aromatic carbocycles. The normalized spacial score (nSPS) is 11.8. The minimum atomic E-state index is -4.11. The first-order valence-corrected chi connectivity index (χ1v) is 8.16. The number of rotatable bonds is 5. The van der Waals surface area contributed by atoms with Crippen molar-refractivity contribution in [3.8, 4) is 0 Å². The van der Waals surface area contributed by atoms with Gasteiger partial charge < -0.3 is 10.3 Å². The van der Waals surface area contributed by atoms with Gasteiger partial charge in [-0.3, -0.25) is 0 Å². The van der Waals surface area contributed by atoms with Gasteiger partial charge in [-0.2, -0.15) is 4.98 Å². The highest BCUT2D eigenvalue weighted by Gasteiger charge is 2.24. The lowest BCUT2D eigenvalue weighted by molar-refractivity contribution is 0.377. The second-order valence-corrected chi connectivity index (χ2v) is 6.82. The number of nitrogens with zero attached hydrogens (tertiary/aromatic N) is 2. The van der Waals surface area contributed by atoms with Crippen LogP contribution in [0.1, 0.15) is 5.89 Å². The Balaban J connectivity index is 2.20. The third-order valence-electron chi connectivity index (χ3n) is 2.48. The van der Waals surface area contributed by atoms with Crippen LogP contribution in [0.25, 0.3) is 0 Å². The van der Waals surface area contributed by atoms with E-state index in [0.29, 0.717) is 0 Å². The van der Waals surface area contributed by atoms with Crippen LogP contribution in [0, 0.1) is 5.82 Å². The summed E-state index contributed by atoms with van der Waals surface area (Å²) in [6, 6.07) is 0.979. The fourth-order valence-electron chi connectivity index (χ4n) is 1.47. The van der Waals surface area contributed by atoms with Crippen LogP contribution in [0.3, 0.4) is 0 Å². The SMILES string of the molecule is Nc1c(F)c(S(=O)(=O)NCCc2ncno2)cc(Cl)c1Br. The van der Waals surface area contributed by atoms with E-state index in [2.05, 4.69) is 30.8 Å². The first-order valence-electron chi connectivity index (χ1n) is 5.51. The topological polar surface area (TPSA) is 111 Å². The van der Waals surface area contributed by atoms with E-state index < -0.39 is 20.7 Å². The zero-order valence-corrected chi connectivity index (χ0v) is 13.5. The Kier molecular flexibility index (Phi) is 4.81. The molecule has 0 saturated heterocycles. The average molecular weight is 400 g/mol. The molecule has 2 rings (SSSR count). The zero-order chi connectivity index (χ0) is 15.6. The van der Waals surface area contributed by atoms with Crippen molar-refractivity contribution in [3.63, 3.8) is 0 Å². The Labute approximate surface area is 132 Å². The summed E-state index contributed by atoms with van der Waals surface area (Å²) in [6.07, 6.45) is 1.36. The maximum absolute atomic E-state index is 14.0. The van der Waals surface area contributed by atoms with Crippen LogP contribution >= 0.6 is 27.5 Å². The molecule has 7 nitrogen and oxygen atoms in total. The second kappa shape index (κ2) is 6.26. The molecule has 0 atom stereocenters. The molecule has 11 heteroatoms. The fourth-order valence-corrected chi connectivity index (χ4v) is 3.18. The van der Waals surface area contributed by atoms with E-state index in [9.17, 15) is 12.8 Å². The molecule has 0 spiro atoms. The Morgan fingerprint density at radius 3 is 2.86 bits per heavy atom. The smallest absolute Gasteiger partial charge is 0.243 e. The molecule has 0 aliphatic heterocycles. The van der Waals surface area contributed by atoms with Crippen LogP contribution in [0.15, 0.2) is 26.3 Å². The Morgan fingerprint density at radius 1 is 1.52 bits per heavy atom. The molecule has 0 fully saturated rings. The first kappa shape index (κ1) is 16.1. The molecule has 0 amide bonds. The van der Waals surface area contributed by atoms with Crippen molar-refractivity contribution in [1.29, 1.82) is 0 Å². The number of nitrogens with two attached hydrogens (primary N) is 1. The summed E-state index contributed by atoms with van der Waals surface area (Å²) in [7, 11) is -4.11. The molecular weight excluding hydrogens is 391 g/mol. The molecule has 1 aromatic heterocycles. The van der Waals surface area contributed by atoms with Crippen molar-refractivity contribution in [2.45, 2.75) is 11.3 Å². The number of benzene rings is 1. The van der Waals surface area contributed by atoms with Crippen molar-refractivity contribution in [3.05, 3.63) is 33.6 Å². The number of nitrogen functional groups attached to an aromatic ring is 1. The number of anilines is 1. The van der Waals surface area contributed by atoms with Gasteiger partial charge in [-0.15, -0.1) is 0 Å². The van der Waals surface area contributed by atoms with Gasteiger partial charge in [0.2, 0.25) is 15.9 Å². The van der Waals surface area contributed by atoms with Gasteiger partial charge in [-0.1, -0.05) is 16.8 Å². The molecule has 21 heavy (non-hydrogen) atoms. The monoisotopic (exact) mass is 398 g/mol. The number of hydrogen-bond donors (Lipinski definition) is 2. The number of sulfonamides is 1. The molecule has 114 valence electrons. The van der Waals surface area contributed by atoms with E-state index in [-0.39, 0.29) is 34.0 Å². The number of nitrogens with one attached hydrogen (secondary N) is 1. The Hall–Kier alpha value is -1.23. The van der Waals surface area contributed by atoms with E-state index in [4.69, 9.17) is 21.9 Å². The van der Waals surface area contributed by atoms with Crippen molar-refractivity contribution in [2.75, 3.05) is 12.3 Å². The van der Waals surface area contributed by atoms with E-state index in [1.165, 1.54) is 6.33 Å². The summed E-state index contributed by atoms with van der Waals surface area (Å²) >= 11 is 8.76. The largest absolute Gasteiger partial charge is 0.395 e. The average Bonchev–Trinajstić information content (AvgIpc) is 2.93. The maximum Gasteiger partial charge on any atom is 0.243 e. The summed E-state index contributed by atoms with van der Waals surface area (Å²) in [5.41, 5.74) is 5.08. The molecule has 0 saturated carbocycles. The van der Waals surface area contributed by atoms with Crippen molar-refractivity contribution in [2.24, 2.45) is 0 Å². The molecule has 0 unspecified atom stereocenters. The molecule has 3 N–H and O–H groups in total. The van der Waals surface area contributed by atoms with Gasteiger partial charge >= 0.3 is 0 Å². The Morgan fingerprint density at radius 2 is 2.24 bits per heavy atom. The second-order valence-electron chi connectivity index (χ2n) is 3.88. The lowest BCUT2D eigenvalue weighted by Crippen LogP contribution is -2.27. The standard InChI is InChI=1S/C10H9BrClFN4O3S/c11-8-5(12)3-6(9(13)10(8)14)21(18,19)17-2-1-7-15-4-16-20-7/h3-4,17H,1-2,14H2. The minimum absolute atomic E-state index is 0.00817. The summed E-state index contributed by atoms with van der Waals surface area (Å²) in [6.45, 7) is -0.0441. The maximum atomic E-state index is 14.0. The Bertz CT molecular complexity index is 754. The number of hydrogen-bond acceptors (Lipinski definition) is 6. The van der Waals surface area contributed by atoms with E-state index >= 15 is 0 Å². The van der Waals surface area contributed by atoms with Crippen LogP contribution in [0.4, 0.5) is 10.1 Å². The highest BCUT2D eigenvalue weighted by atomic mass is 79.9. The van der Waals surface area contributed by atoms with Gasteiger partial charge in [-0.25, -0.2) is 17.5 Å². The molecule has 2 aromatic rings. The van der Waals surface area contributed by atoms with Gasteiger partial charge in [-0.05, 0) is 22.0 Å². The molecule has 0 radical (unpaired) electrons. The van der Waals surface area contributed by atoms with Gasteiger partial charge in [0.05, 0.1) is 15.2 Å². The summed E-state index contributed by atoms with van der Waals surface area (Å²) in [4.78, 5) is 3.11. The number of aromatic nitrogens is 2. The minimum Gasteiger partial charge on any atom is -0.395 e. The lowest BCUT2D eigenvalue weighted by Gasteiger charge is -2.10. The van der Waals surface area contributed by atoms with Crippen molar-refractivity contribution in [1.82, 2.24) is 14.9 Å². The predicted molar refractivity (Wildman–Crippen MR) is 76.7 cm³/mol. The van der Waals surface area contributed by atoms with Gasteiger partial charge in [0.15, 0.2) is 12.1 Å². The van der Waals surface area contributed by atoms with E-state index in [1.807, 2.05) is 0 Å². The highest BCUT2D eigenvalue weighted by molar-refractivity contribution is 9.10. The lowest BCUT2D eigenvalue weighted by atomic mass is 10.3. The summed E-state index contributed by atoms with van der Waals surface area (Å²) < 4.78 is 45.1. The van der Waals surface area contributed by atoms with Crippen molar-refractivity contribution >= 4 is 43.2 Å². The summed E-state index contributed by atoms with van der Waals surface area (Å²) in [5.74, 6) is -0.817. The third kappa shape index (κ3) is 3.51. The molecule has 1 heterocycles. The quantitative estimate of drug-likeness (QED) is 0.585. The highest BCUT2D eigenvalue weighted by Crippen LogP contribution is 2.34. The van der Waals surface area contributed by atoms with E-state index in [1.54, 1.807) is 0 Å². The van der Waals surface area contributed by atoms with Crippen LogP contribution in [0.5, 0.6) is 0 Å².